The molecule has 0 saturated heterocycles. The predicted molar refractivity (Wildman–Crippen MR) is 68.9 cm³/mol. The predicted octanol–water partition coefficient (Wildman–Crippen LogP) is 2.15. The van der Waals surface area contributed by atoms with Crippen molar-refractivity contribution >= 4 is 34.2 Å². The zero-order valence-electron chi connectivity index (χ0n) is 8.48. The van der Waals surface area contributed by atoms with E-state index in [1.807, 2.05) is 0 Å². The van der Waals surface area contributed by atoms with Crippen LogP contribution in [0.5, 0.6) is 0 Å². The number of nitro benzene ring substituents is 1. The summed E-state index contributed by atoms with van der Waals surface area (Å²) in [6, 6.07) is 5.94. The molecule has 16 heavy (non-hydrogen) atoms. The fourth-order valence-electron chi connectivity index (χ4n) is 1.19. The summed E-state index contributed by atoms with van der Waals surface area (Å²) in [5, 5.41) is 13.3. The number of carbonyl (C=O) groups excluding carboxylic acids is 1. The van der Waals surface area contributed by atoms with E-state index in [9.17, 15) is 14.9 Å². The highest BCUT2D eigenvalue weighted by Gasteiger charge is 2.18. The highest BCUT2D eigenvalue weighted by molar-refractivity contribution is 14.1. The van der Waals surface area contributed by atoms with Crippen LogP contribution in [0.1, 0.15) is 16.8 Å². The lowest BCUT2D eigenvalue weighted by Gasteiger charge is -2.04. The van der Waals surface area contributed by atoms with Crippen molar-refractivity contribution in [3.8, 4) is 0 Å². The van der Waals surface area contributed by atoms with E-state index in [0.717, 1.165) is 10.8 Å². The second-order valence-electron chi connectivity index (χ2n) is 3.07. The number of amides is 1. The summed E-state index contributed by atoms with van der Waals surface area (Å²) in [6.45, 7) is 0.536. The number of carbonyl (C=O) groups is 1. The highest BCUT2D eigenvalue weighted by atomic mass is 127. The summed E-state index contributed by atoms with van der Waals surface area (Å²) in [5.41, 5.74) is -0.0459. The molecule has 0 fully saturated rings. The molecule has 6 heteroatoms. The number of rotatable bonds is 5. The van der Waals surface area contributed by atoms with Crippen molar-refractivity contribution in [2.24, 2.45) is 0 Å². The molecular weight excluding hydrogens is 323 g/mol. The number of nitrogens with one attached hydrogen (secondary N) is 1. The van der Waals surface area contributed by atoms with Crippen molar-refractivity contribution in [1.29, 1.82) is 0 Å². The van der Waals surface area contributed by atoms with Crippen LogP contribution in [0.25, 0.3) is 0 Å². The van der Waals surface area contributed by atoms with Gasteiger partial charge in [-0.15, -0.1) is 0 Å². The van der Waals surface area contributed by atoms with Crippen LogP contribution >= 0.6 is 22.6 Å². The standard InChI is InChI=1S/C10H11IN2O3/c11-6-3-7-12-10(14)8-4-1-2-5-9(8)13(15)16/h1-2,4-5H,3,6-7H2,(H,12,14). The van der Waals surface area contributed by atoms with E-state index in [4.69, 9.17) is 0 Å². The Bertz CT molecular complexity index is 395. The Morgan fingerprint density at radius 2 is 2.12 bits per heavy atom. The Labute approximate surface area is 107 Å². The lowest BCUT2D eigenvalue weighted by atomic mass is 10.1. The van der Waals surface area contributed by atoms with Gasteiger partial charge in [-0.2, -0.15) is 0 Å². The molecule has 86 valence electrons. The minimum Gasteiger partial charge on any atom is -0.352 e. The molecule has 0 spiro atoms. The number of nitrogens with zero attached hydrogens (tertiary/aromatic N) is 1. The lowest BCUT2D eigenvalue weighted by molar-refractivity contribution is -0.385. The molecule has 1 rings (SSSR count). The second-order valence-corrected chi connectivity index (χ2v) is 4.15. The first-order valence-electron chi connectivity index (χ1n) is 4.74. The van der Waals surface area contributed by atoms with Crippen molar-refractivity contribution in [1.82, 2.24) is 5.32 Å². The van der Waals surface area contributed by atoms with Crippen LogP contribution in [-0.4, -0.2) is 21.8 Å². The van der Waals surface area contributed by atoms with E-state index >= 15 is 0 Å². The number of nitro groups is 1. The molecule has 0 aliphatic heterocycles. The van der Waals surface area contributed by atoms with Crippen LogP contribution < -0.4 is 5.32 Å². The topological polar surface area (TPSA) is 72.2 Å². The third-order valence-electron chi connectivity index (χ3n) is 1.94. The maximum atomic E-state index is 11.6. The van der Waals surface area contributed by atoms with E-state index in [0.29, 0.717) is 6.54 Å². The van der Waals surface area contributed by atoms with Gasteiger partial charge in [0.2, 0.25) is 0 Å². The SMILES string of the molecule is O=C(NCCCI)c1ccccc1[N+](=O)[O-]. The van der Waals surface area contributed by atoms with Gasteiger partial charge in [-0.3, -0.25) is 14.9 Å². The molecule has 1 amide bonds. The molecule has 0 radical (unpaired) electrons. The fraction of sp³-hybridized carbons (Fsp3) is 0.300. The highest BCUT2D eigenvalue weighted by Crippen LogP contribution is 2.17. The number of hydrogen-bond donors (Lipinski definition) is 1. The van der Waals surface area contributed by atoms with Gasteiger partial charge in [-0.05, 0) is 12.5 Å². The summed E-state index contributed by atoms with van der Waals surface area (Å²) in [4.78, 5) is 21.8. The smallest absolute Gasteiger partial charge is 0.282 e. The third kappa shape index (κ3) is 3.44. The van der Waals surface area contributed by atoms with Gasteiger partial charge in [-0.25, -0.2) is 0 Å². The first-order chi connectivity index (χ1) is 7.66. The molecular formula is C10H11IN2O3. The Morgan fingerprint density at radius 1 is 1.44 bits per heavy atom. The Kier molecular flexibility index (Phi) is 5.17. The van der Waals surface area contributed by atoms with Crippen molar-refractivity contribution in [2.45, 2.75) is 6.42 Å². The summed E-state index contributed by atoms with van der Waals surface area (Å²) in [7, 11) is 0. The second kappa shape index (κ2) is 6.41. The molecule has 0 atom stereocenters. The minimum absolute atomic E-state index is 0.112. The first kappa shape index (κ1) is 12.9. The molecule has 0 bridgehead atoms. The van der Waals surface area contributed by atoms with E-state index in [1.54, 1.807) is 12.1 Å². The van der Waals surface area contributed by atoms with Crippen molar-refractivity contribution in [2.75, 3.05) is 11.0 Å². The van der Waals surface area contributed by atoms with Crippen LogP contribution in [0.15, 0.2) is 24.3 Å². The third-order valence-corrected chi connectivity index (χ3v) is 2.70. The molecule has 0 saturated carbocycles. The minimum atomic E-state index is -0.548. The fourth-order valence-corrected chi connectivity index (χ4v) is 1.57. The van der Waals surface area contributed by atoms with Crippen LogP contribution in [0.4, 0.5) is 5.69 Å². The summed E-state index contributed by atoms with van der Waals surface area (Å²) >= 11 is 2.21. The lowest BCUT2D eigenvalue weighted by Crippen LogP contribution is -2.25. The monoisotopic (exact) mass is 334 g/mol. The quantitative estimate of drug-likeness (QED) is 0.295. The number of para-hydroxylation sites is 1. The Hall–Kier alpha value is -1.18. The van der Waals surface area contributed by atoms with E-state index < -0.39 is 10.8 Å². The zero-order chi connectivity index (χ0) is 12.0. The largest absolute Gasteiger partial charge is 0.352 e. The van der Waals surface area contributed by atoms with E-state index in [-0.39, 0.29) is 11.3 Å². The molecule has 5 nitrogen and oxygen atoms in total. The van der Waals surface area contributed by atoms with Gasteiger partial charge in [0.15, 0.2) is 0 Å². The summed E-state index contributed by atoms with van der Waals surface area (Å²) in [6.07, 6.45) is 0.854. The molecule has 0 heterocycles. The molecule has 0 aromatic heterocycles. The maximum absolute atomic E-state index is 11.6. The van der Waals surface area contributed by atoms with Gasteiger partial charge in [0.1, 0.15) is 5.56 Å². The molecule has 1 aromatic rings. The summed E-state index contributed by atoms with van der Waals surface area (Å²) < 4.78 is 0.939. The van der Waals surface area contributed by atoms with Gasteiger partial charge in [0.25, 0.3) is 11.6 Å². The van der Waals surface area contributed by atoms with Gasteiger partial charge in [0.05, 0.1) is 4.92 Å². The Balaban J connectivity index is 2.78. The molecule has 1 N–H and O–H groups in total. The normalized spacial score (nSPS) is 9.81. The molecule has 0 unspecified atom stereocenters. The van der Waals surface area contributed by atoms with Gasteiger partial charge >= 0.3 is 0 Å². The van der Waals surface area contributed by atoms with Gasteiger partial charge < -0.3 is 5.32 Å². The number of halogens is 1. The van der Waals surface area contributed by atoms with Crippen molar-refractivity contribution in [3.05, 3.63) is 39.9 Å². The average molecular weight is 334 g/mol. The first-order valence-corrected chi connectivity index (χ1v) is 6.27. The van der Waals surface area contributed by atoms with Crippen LogP contribution in [0.2, 0.25) is 0 Å². The van der Waals surface area contributed by atoms with Crippen LogP contribution in [0.3, 0.4) is 0 Å². The van der Waals surface area contributed by atoms with E-state index in [1.165, 1.54) is 12.1 Å². The van der Waals surface area contributed by atoms with Crippen LogP contribution in [0, 0.1) is 10.1 Å². The molecule has 0 aliphatic carbocycles. The molecule has 1 aromatic carbocycles. The van der Waals surface area contributed by atoms with Gasteiger partial charge in [0, 0.05) is 17.0 Å². The average Bonchev–Trinajstić information content (AvgIpc) is 2.29. The van der Waals surface area contributed by atoms with Gasteiger partial charge in [-0.1, -0.05) is 34.7 Å². The van der Waals surface area contributed by atoms with Crippen molar-refractivity contribution < 1.29 is 9.72 Å². The number of hydrogen-bond acceptors (Lipinski definition) is 3. The number of benzene rings is 1. The number of alkyl halides is 1. The molecule has 0 aliphatic rings. The van der Waals surface area contributed by atoms with Crippen LogP contribution in [-0.2, 0) is 0 Å². The Morgan fingerprint density at radius 3 is 2.75 bits per heavy atom. The maximum Gasteiger partial charge on any atom is 0.282 e. The summed E-state index contributed by atoms with van der Waals surface area (Å²) in [5.74, 6) is -0.392. The van der Waals surface area contributed by atoms with Crippen molar-refractivity contribution in [3.63, 3.8) is 0 Å². The zero-order valence-corrected chi connectivity index (χ0v) is 10.6. The van der Waals surface area contributed by atoms with E-state index in [2.05, 4.69) is 27.9 Å².